The minimum absolute atomic E-state index is 0.00685. The molecule has 2 aromatic rings. The van der Waals surface area contributed by atoms with Crippen molar-refractivity contribution < 1.29 is 18.0 Å². The zero-order chi connectivity index (χ0) is 14.3. The molecule has 20 heavy (non-hydrogen) atoms. The van der Waals surface area contributed by atoms with Gasteiger partial charge in [0.05, 0.1) is 18.3 Å². The second-order valence-corrected chi connectivity index (χ2v) is 4.30. The molecule has 1 aliphatic heterocycles. The molecule has 0 atom stereocenters. The van der Waals surface area contributed by atoms with Gasteiger partial charge in [-0.1, -0.05) is 0 Å². The van der Waals surface area contributed by atoms with Gasteiger partial charge in [-0.05, 0) is 0 Å². The number of hydrogen-bond donors (Lipinski definition) is 1. The van der Waals surface area contributed by atoms with Crippen molar-refractivity contribution in [2.75, 3.05) is 6.54 Å². The number of H-pyrrole nitrogens is 1. The van der Waals surface area contributed by atoms with E-state index in [1.165, 1.54) is 17.3 Å². The first-order valence-corrected chi connectivity index (χ1v) is 5.74. The number of fused-ring (bicyclic) bond motifs is 1. The van der Waals surface area contributed by atoms with E-state index in [1.807, 2.05) is 0 Å². The van der Waals surface area contributed by atoms with Gasteiger partial charge in [0, 0.05) is 19.3 Å². The maximum absolute atomic E-state index is 12.7. The van der Waals surface area contributed by atoms with Crippen LogP contribution in [0.2, 0.25) is 0 Å². The smallest absolute Gasteiger partial charge is 0.329 e. The zero-order valence-electron chi connectivity index (χ0n) is 10.1. The maximum Gasteiger partial charge on any atom is 0.451 e. The summed E-state index contributed by atoms with van der Waals surface area (Å²) < 4.78 is 39.0. The lowest BCUT2D eigenvalue weighted by Gasteiger charge is -2.27. The Morgan fingerprint density at radius 2 is 2.10 bits per heavy atom. The number of carbonyl (C=O) groups is 1. The van der Waals surface area contributed by atoms with Crippen molar-refractivity contribution in [3.63, 3.8) is 0 Å². The van der Waals surface area contributed by atoms with Crippen molar-refractivity contribution in [2.24, 2.45) is 0 Å². The SMILES string of the molecule is O=C(c1cn[nH]c1)N1CCn2c(nnc2C(F)(F)F)C1. The number of aromatic amines is 1. The van der Waals surface area contributed by atoms with Gasteiger partial charge in [0.25, 0.3) is 5.91 Å². The van der Waals surface area contributed by atoms with Crippen LogP contribution in [0.15, 0.2) is 12.4 Å². The Morgan fingerprint density at radius 1 is 1.30 bits per heavy atom. The Labute approximate surface area is 110 Å². The average molecular weight is 286 g/mol. The number of aromatic nitrogens is 5. The summed E-state index contributed by atoms with van der Waals surface area (Å²) in [6.07, 6.45) is -1.74. The number of amides is 1. The Balaban J connectivity index is 1.83. The molecule has 3 rings (SSSR count). The lowest BCUT2D eigenvalue weighted by molar-refractivity contribution is -0.147. The van der Waals surface area contributed by atoms with E-state index in [0.29, 0.717) is 5.56 Å². The fourth-order valence-corrected chi connectivity index (χ4v) is 2.09. The van der Waals surface area contributed by atoms with Crippen molar-refractivity contribution in [2.45, 2.75) is 19.3 Å². The molecule has 0 spiro atoms. The Hall–Kier alpha value is -2.39. The molecule has 0 aromatic carbocycles. The third-order valence-corrected chi connectivity index (χ3v) is 3.04. The van der Waals surface area contributed by atoms with Crippen molar-refractivity contribution in [1.29, 1.82) is 0 Å². The highest BCUT2D eigenvalue weighted by Crippen LogP contribution is 2.29. The average Bonchev–Trinajstić information content (AvgIpc) is 3.05. The molecule has 1 aliphatic rings. The van der Waals surface area contributed by atoms with Crippen molar-refractivity contribution in [1.82, 2.24) is 29.9 Å². The topological polar surface area (TPSA) is 79.7 Å². The molecular weight excluding hydrogens is 277 g/mol. The number of nitrogens with one attached hydrogen (secondary N) is 1. The van der Waals surface area contributed by atoms with Crippen LogP contribution in [0, 0.1) is 0 Å². The van der Waals surface area contributed by atoms with Crippen LogP contribution in [-0.2, 0) is 19.3 Å². The molecule has 10 heteroatoms. The Morgan fingerprint density at radius 3 is 2.75 bits per heavy atom. The first-order chi connectivity index (χ1) is 9.47. The summed E-state index contributed by atoms with van der Waals surface area (Å²) in [7, 11) is 0. The van der Waals surface area contributed by atoms with Crippen LogP contribution in [0.1, 0.15) is 22.0 Å². The molecule has 1 N–H and O–H groups in total. The number of rotatable bonds is 1. The first-order valence-electron chi connectivity index (χ1n) is 5.74. The molecule has 0 radical (unpaired) electrons. The Kier molecular flexibility index (Phi) is 2.73. The lowest BCUT2D eigenvalue weighted by atomic mass is 10.2. The standard InChI is InChI=1S/C10H9F3N6O/c11-10(12,13)9-17-16-7-5-18(1-2-19(7)9)8(20)6-3-14-15-4-6/h3-4H,1-2,5H2,(H,14,15). The highest BCUT2D eigenvalue weighted by Gasteiger charge is 2.39. The number of carbonyl (C=O) groups excluding carboxylic acids is 1. The molecule has 0 aliphatic carbocycles. The minimum atomic E-state index is -4.54. The van der Waals surface area contributed by atoms with Gasteiger partial charge in [0.15, 0.2) is 5.82 Å². The molecule has 106 valence electrons. The summed E-state index contributed by atoms with van der Waals surface area (Å²) in [6, 6.07) is 0. The van der Waals surface area contributed by atoms with E-state index in [1.54, 1.807) is 0 Å². The molecule has 3 heterocycles. The second-order valence-electron chi connectivity index (χ2n) is 4.30. The van der Waals surface area contributed by atoms with Crippen LogP contribution in [0.4, 0.5) is 13.2 Å². The quantitative estimate of drug-likeness (QED) is 0.836. The van der Waals surface area contributed by atoms with E-state index in [9.17, 15) is 18.0 Å². The van der Waals surface area contributed by atoms with Crippen molar-refractivity contribution in [3.05, 3.63) is 29.6 Å². The van der Waals surface area contributed by atoms with E-state index in [2.05, 4.69) is 20.4 Å². The predicted octanol–water partition coefficient (Wildman–Crippen LogP) is 0.676. The number of alkyl halides is 3. The molecular formula is C10H9F3N6O. The summed E-state index contributed by atoms with van der Waals surface area (Å²) in [5, 5.41) is 12.8. The molecule has 2 aromatic heterocycles. The number of halogens is 3. The van der Waals surface area contributed by atoms with Gasteiger partial charge >= 0.3 is 6.18 Å². The normalized spacial score (nSPS) is 15.2. The maximum atomic E-state index is 12.7. The van der Waals surface area contributed by atoms with Crippen LogP contribution in [-0.4, -0.2) is 42.3 Å². The number of nitrogens with zero attached hydrogens (tertiary/aromatic N) is 5. The van der Waals surface area contributed by atoms with E-state index in [0.717, 1.165) is 4.57 Å². The summed E-state index contributed by atoms with van der Waals surface area (Å²) in [5.74, 6) is -1.20. The highest BCUT2D eigenvalue weighted by molar-refractivity contribution is 5.93. The third kappa shape index (κ3) is 2.02. The molecule has 0 saturated carbocycles. The van der Waals surface area contributed by atoms with Crippen LogP contribution in [0.25, 0.3) is 0 Å². The van der Waals surface area contributed by atoms with Crippen LogP contribution >= 0.6 is 0 Å². The summed E-state index contributed by atoms with van der Waals surface area (Å²) >= 11 is 0. The van der Waals surface area contributed by atoms with Gasteiger partial charge in [0.2, 0.25) is 5.82 Å². The molecule has 0 unspecified atom stereocenters. The highest BCUT2D eigenvalue weighted by atomic mass is 19.4. The van der Waals surface area contributed by atoms with Gasteiger partial charge < -0.3 is 9.47 Å². The minimum Gasteiger partial charge on any atom is -0.329 e. The van der Waals surface area contributed by atoms with Gasteiger partial charge in [-0.25, -0.2) is 0 Å². The van der Waals surface area contributed by atoms with E-state index >= 15 is 0 Å². The second kappa shape index (κ2) is 4.32. The van der Waals surface area contributed by atoms with Gasteiger partial charge in [-0.2, -0.15) is 18.3 Å². The summed E-state index contributed by atoms with van der Waals surface area (Å²) in [6.45, 7) is 0.173. The fourth-order valence-electron chi connectivity index (χ4n) is 2.09. The van der Waals surface area contributed by atoms with E-state index in [4.69, 9.17) is 0 Å². The van der Waals surface area contributed by atoms with Crippen LogP contribution in [0.3, 0.4) is 0 Å². The fraction of sp³-hybridized carbons (Fsp3) is 0.400. The van der Waals surface area contributed by atoms with Crippen molar-refractivity contribution >= 4 is 5.91 Å². The largest absolute Gasteiger partial charge is 0.451 e. The predicted molar refractivity (Wildman–Crippen MR) is 58.4 cm³/mol. The zero-order valence-corrected chi connectivity index (χ0v) is 10.1. The monoisotopic (exact) mass is 286 g/mol. The van der Waals surface area contributed by atoms with E-state index in [-0.39, 0.29) is 31.4 Å². The molecule has 0 saturated heterocycles. The molecule has 1 amide bonds. The lowest BCUT2D eigenvalue weighted by Crippen LogP contribution is -2.39. The first kappa shape index (κ1) is 12.6. The van der Waals surface area contributed by atoms with Gasteiger partial charge in [0.1, 0.15) is 0 Å². The van der Waals surface area contributed by atoms with Crippen molar-refractivity contribution in [3.8, 4) is 0 Å². The summed E-state index contributed by atoms with van der Waals surface area (Å²) in [4.78, 5) is 13.5. The summed E-state index contributed by atoms with van der Waals surface area (Å²) in [5.41, 5.74) is 0.356. The Bertz CT molecular complexity index is 632. The molecule has 0 bridgehead atoms. The number of hydrogen-bond acceptors (Lipinski definition) is 4. The third-order valence-electron chi connectivity index (χ3n) is 3.04. The van der Waals surface area contributed by atoms with Crippen LogP contribution in [0.5, 0.6) is 0 Å². The molecule has 7 nitrogen and oxygen atoms in total. The van der Waals surface area contributed by atoms with E-state index < -0.39 is 12.0 Å². The molecule has 0 fully saturated rings. The van der Waals surface area contributed by atoms with Gasteiger partial charge in [-0.3, -0.25) is 9.89 Å². The van der Waals surface area contributed by atoms with Crippen LogP contribution < -0.4 is 0 Å². The van der Waals surface area contributed by atoms with Gasteiger partial charge in [-0.15, -0.1) is 10.2 Å².